The van der Waals surface area contributed by atoms with Crippen molar-refractivity contribution in [2.75, 3.05) is 12.3 Å². The number of benzene rings is 1. The second-order valence-corrected chi connectivity index (χ2v) is 4.71. The van der Waals surface area contributed by atoms with Crippen molar-refractivity contribution < 1.29 is 22.5 Å². The highest BCUT2D eigenvalue weighted by atomic mass is 32.2. The van der Waals surface area contributed by atoms with E-state index in [1.807, 2.05) is 0 Å². The lowest BCUT2D eigenvalue weighted by atomic mass is 10.2. The number of rotatable bonds is 6. The number of thioether (sulfide) groups is 1. The van der Waals surface area contributed by atoms with Gasteiger partial charge in [0.2, 0.25) is 0 Å². The Balaban J connectivity index is 2.43. The highest BCUT2D eigenvalue weighted by molar-refractivity contribution is 8.00. The van der Waals surface area contributed by atoms with Gasteiger partial charge in [0.25, 0.3) is 5.69 Å². The van der Waals surface area contributed by atoms with Crippen LogP contribution in [0.25, 0.3) is 0 Å². The van der Waals surface area contributed by atoms with E-state index < -0.39 is 16.2 Å². The third kappa shape index (κ3) is 6.39. The van der Waals surface area contributed by atoms with Crippen LogP contribution in [-0.2, 0) is 6.54 Å². The molecule has 0 saturated heterocycles. The first-order valence-corrected chi connectivity index (χ1v) is 6.12. The molecule has 4 nitrogen and oxygen atoms in total. The molecule has 0 unspecified atom stereocenters. The number of hydrogen-bond acceptors (Lipinski definition) is 4. The largest absolute Gasteiger partial charge is 0.441 e. The Labute approximate surface area is 110 Å². The van der Waals surface area contributed by atoms with Crippen LogP contribution in [0.1, 0.15) is 5.56 Å². The molecule has 0 heterocycles. The van der Waals surface area contributed by atoms with Crippen molar-refractivity contribution in [3.63, 3.8) is 0 Å². The monoisotopic (exact) mass is 298 g/mol. The number of alkyl halides is 3. The molecule has 0 aliphatic heterocycles. The van der Waals surface area contributed by atoms with Crippen molar-refractivity contribution in [3.8, 4) is 0 Å². The van der Waals surface area contributed by atoms with Gasteiger partial charge in [-0.15, -0.1) is 0 Å². The van der Waals surface area contributed by atoms with Gasteiger partial charge in [0.15, 0.2) is 0 Å². The van der Waals surface area contributed by atoms with E-state index in [1.54, 1.807) is 0 Å². The Morgan fingerprint density at radius 2 is 2.00 bits per heavy atom. The molecule has 0 spiro atoms. The maximum Gasteiger partial charge on any atom is 0.441 e. The molecule has 0 aliphatic rings. The van der Waals surface area contributed by atoms with Crippen LogP contribution in [0.2, 0.25) is 0 Å². The Hall–Kier alpha value is -1.35. The van der Waals surface area contributed by atoms with Crippen LogP contribution in [0.4, 0.5) is 23.2 Å². The number of nitro benzene ring substituents is 1. The molecule has 9 heteroatoms. The molecule has 0 fully saturated rings. The summed E-state index contributed by atoms with van der Waals surface area (Å²) in [6.07, 6.45) is 0. The van der Waals surface area contributed by atoms with E-state index in [9.17, 15) is 27.7 Å². The average Bonchev–Trinajstić information content (AvgIpc) is 2.26. The lowest BCUT2D eigenvalue weighted by Crippen LogP contribution is -2.18. The molecular formula is C10H10F4N2O2S. The summed E-state index contributed by atoms with van der Waals surface area (Å²) in [6, 6.07) is 3.05. The van der Waals surface area contributed by atoms with Gasteiger partial charge >= 0.3 is 5.51 Å². The fourth-order valence-electron chi connectivity index (χ4n) is 1.31. The van der Waals surface area contributed by atoms with Gasteiger partial charge in [0, 0.05) is 24.9 Å². The van der Waals surface area contributed by atoms with E-state index in [2.05, 4.69) is 5.32 Å². The predicted molar refractivity (Wildman–Crippen MR) is 63.3 cm³/mol. The zero-order valence-corrected chi connectivity index (χ0v) is 10.4. The summed E-state index contributed by atoms with van der Waals surface area (Å²) in [6.45, 7) is 0.130. The molecule has 1 aromatic rings. The summed E-state index contributed by atoms with van der Waals surface area (Å²) in [5.74, 6) is -0.934. The summed E-state index contributed by atoms with van der Waals surface area (Å²) in [4.78, 5) is 9.75. The standard InChI is InChI=1S/C10H10F4N2O2S/c11-8-3-7(4-9(5-8)16(17)18)6-15-1-2-19-10(12,13)14/h3-5,15H,1-2,6H2. The van der Waals surface area contributed by atoms with Gasteiger partial charge in [0.05, 0.1) is 11.0 Å². The maximum absolute atomic E-state index is 13.0. The molecule has 0 amide bonds. The van der Waals surface area contributed by atoms with E-state index in [1.165, 1.54) is 6.07 Å². The van der Waals surface area contributed by atoms with Crippen LogP contribution < -0.4 is 5.32 Å². The highest BCUT2D eigenvalue weighted by Gasteiger charge is 2.27. The minimum absolute atomic E-state index is 0.0640. The smallest absolute Gasteiger partial charge is 0.312 e. The molecule has 106 valence electrons. The number of non-ortho nitro benzene ring substituents is 1. The molecule has 19 heavy (non-hydrogen) atoms. The highest BCUT2D eigenvalue weighted by Crippen LogP contribution is 2.29. The topological polar surface area (TPSA) is 55.2 Å². The van der Waals surface area contributed by atoms with E-state index in [0.717, 1.165) is 12.1 Å². The maximum atomic E-state index is 13.0. The molecular weight excluding hydrogens is 288 g/mol. The van der Waals surface area contributed by atoms with E-state index >= 15 is 0 Å². The number of halogens is 4. The zero-order chi connectivity index (χ0) is 14.5. The predicted octanol–water partition coefficient (Wildman–Crippen LogP) is 3.08. The van der Waals surface area contributed by atoms with Gasteiger partial charge in [-0.2, -0.15) is 13.2 Å². The first-order valence-electron chi connectivity index (χ1n) is 5.13. The van der Waals surface area contributed by atoms with Crippen molar-refractivity contribution >= 4 is 17.4 Å². The van der Waals surface area contributed by atoms with Crippen LogP contribution in [0, 0.1) is 15.9 Å². The lowest BCUT2D eigenvalue weighted by Gasteiger charge is -2.07. The third-order valence-corrected chi connectivity index (χ3v) is 2.76. The Kier molecular flexibility index (Phi) is 5.55. The Bertz CT molecular complexity index is 454. The summed E-state index contributed by atoms with van der Waals surface area (Å²) >= 11 is -0.165. The van der Waals surface area contributed by atoms with E-state index in [-0.39, 0.29) is 36.3 Å². The lowest BCUT2D eigenvalue weighted by molar-refractivity contribution is -0.385. The average molecular weight is 298 g/mol. The number of nitrogens with one attached hydrogen (secondary N) is 1. The molecule has 0 bridgehead atoms. The van der Waals surface area contributed by atoms with Crippen molar-refractivity contribution in [1.29, 1.82) is 0 Å². The Morgan fingerprint density at radius 1 is 1.32 bits per heavy atom. The van der Waals surface area contributed by atoms with Crippen molar-refractivity contribution in [2.45, 2.75) is 12.1 Å². The molecule has 0 aromatic heterocycles. The zero-order valence-electron chi connectivity index (χ0n) is 9.54. The van der Waals surface area contributed by atoms with Crippen LogP contribution >= 0.6 is 11.8 Å². The second kappa shape index (κ2) is 6.71. The van der Waals surface area contributed by atoms with Gasteiger partial charge in [0.1, 0.15) is 5.82 Å². The van der Waals surface area contributed by atoms with Crippen LogP contribution in [0.3, 0.4) is 0 Å². The fraction of sp³-hybridized carbons (Fsp3) is 0.400. The van der Waals surface area contributed by atoms with Crippen molar-refractivity contribution in [3.05, 3.63) is 39.7 Å². The molecule has 0 saturated carbocycles. The summed E-state index contributed by atoms with van der Waals surface area (Å²) in [5.41, 5.74) is -4.36. The number of hydrogen-bond donors (Lipinski definition) is 1. The quantitative estimate of drug-likeness (QED) is 0.379. The normalized spacial score (nSPS) is 11.6. The van der Waals surface area contributed by atoms with Crippen LogP contribution in [0.5, 0.6) is 0 Å². The first kappa shape index (κ1) is 15.7. The summed E-state index contributed by atoms with van der Waals surface area (Å²) in [5, 5.41) is 13.1. The minimum atomic E-state index is -4.28. The van der Waals surface area contributed by atoms with Gasteiger partial charge in [-0.3, -0.25) is 10.1 Å². The van der Waals surface area contributed by atoms with Crippen molar-refractivity contribution in [2.24, 2.45) is 0 Å². The number of nitro groups is 1. The van der Waals surface area contributed by atoms with Gasteiger partial charge in [-0.25, -0.2) is 4.39 Å². The molecule has 0 aliphatic carbocycles. The van der Waals surface area contributed by atoms with Gasteiger partial charge < -0.3 is 5.32 Å². The van der Waals surface area contributed by atoms with E-state index in [4.69, 9.17) is 0 Å². The second-order valence-electron chi connectivity index (χ2n) is 3.55. The molecule has 0 atom stereocenters. The van der Waals surface area contributed by atoms with Gasteiger partial charge in [-0.05, 0) is 23.4 Å². The summed E-state index contributed by atoms with van der Waals surface area (Å²) in [7, 11) is 0. The minimum Gasteiger partial charge on any atom is -0.312 e. The van der Waals surface area contributed by atoms with E-state index in [0.29, 0.717) is 5.56 Å². The van der Waals surface area contributed by atoms with Gasteiger partial charge in [-0.1, -0.05) is 0 Å². The van der Waals surface area contributed by atoms with Crippen molar-refractivity contribution in [1.82, 2.24) is 5.32 Å². The van der Waals surface area contributed by atoms with Crippen LogP contribution in [-0.4, -0.2) is 22.7 Å². The Morgan fingerprint density at radius 3 is 2.58 bits per heavy atom. The fourth-order valence-corrected chi connectivity index (χ4v) is 1.79. The molecule has 1 aromatic carbocycles. The third-order valence-electron chi connectivity index (χ3n) is 2.03. The SMILES string of the molecule is O=[N+]([O-])c1cc(F)cc(CNCCSC(F)(F)F)c1. The molecule has 1 N–H and O–H groups in total. The first-order chi connectivity index (χ1) is 8.78. The summed E-state index contributed by atoms with van der Waals surface area (Å²) < 4.78 is 48.5. The molecule has 1 rings (SSSR count). The van der Waals surface area contributed by atoms with Crippen LogP contribution in [0.15, 0.2) is 18.2 Å². The number of nitrogens with zero attached hydrogens (tertiary/aromatic N) is 1. The molecule has 0 radical (unpaired) electrons.